The summed E-state index contributed by atoms with van der Waals surface area (Å²) in [5, 5.41) is 44.4. The highest BCUT2D eigenvalue weighted by molar-refractivity contribution is 7.92. The first kappa shape index (κ1) is 101. The zero-order valence-corrected chi connectivity index (χ0v) is 77.8. The van der Waals surface area contributed by atoms with Gasteiger partial charge in [-0.2, -0.15) is 10.2 Å². The summed E-state index contributed by atoms with van der Waals surface area (Å²) >= 11 is 0. The number of amides is 5. The number of aliphatic carboxylic acids is 1. The van der Waals surface area contributed by atoms with Gasteiger partial charge in [0, 0.05) is 71.6 Å². The number of nitrogens with two attached hydrogens (primary N) is 1. The lowest BCUT2D eigenvalue weighted by molar-refractivity contribution is -0.146. The summed E-state index contributed by atoms with van der Waals surface area (Å²) in [4.78, 5) is 108. The summed E-state index contributed by atoms with van der Waals surface area (Å²) in [6, 6.07) is 49.1. The quantitative estimate of drug-likeness (QED) is 0.0154. The second-order valence-electron chi connectivity index (χ2n) is 35.4. The molecular formula is C97H125N11O22S3. The zero-order valence-electron chi connectivity index (χ0n) is 75.4. The molecule has 3 saturated heterocycles. The van der Waals surface area contributed by atoms with E-state index in [0.29, 0.717) is 138 Å². The number of para-hydroxylation sites is 6. The standard InChI is InChI=1S/C30H37N3O7S.C30H35N3O7S.C17H18N2O2.C13H21NO6S.C7H14N2/c2*34-27(33-14-16-39-17-15-33)18-23(20-41(37,38)19-22-10-11-22)29(36)31-25(13-12-21-6-2-1-3-7-21)28(35)30-32-24-8-4-5-9-26(24)40-30;18-13(11-10-12-6-2-1-3-7-12)16(20)17-19-14-8-4-5-9-15(14)21-17;15-12(14-3-5-20-6-4-14)7-11(13(16)17)9-21(18,19)8-10-1-2-10;1-8-9-7-5-3-2-4-6-7/h1-9,22-23,25,28,35H,10-20H2,(H,31,36);1-9,22-23,25H,10-20H2,(H,31,36);1-9,13,16,20H,10-11,18H2;10-11H,1-9H2,(H,16,17);7H,2-6H2,1H3/t23?,25-,28?;23?,25-;13-,16?;;/m000../s1. The van der Waals surface area contributed by atoms with Gasteiger partial charge in [-0.1, -0.05) is 147 Å². The van der Waals surface area contributed by atoms with Gasteiger partial charge in [0.2, 0.25) is 47.1 Å². The molecule has 0 radical (unpaired) electrons. The van der Waals surface area contributed by atoms with Crippen molar-refractivity contribution in [3.8, 4) is 0 Å². The number of morpholine rings is 3. The van der Waals surface area contributed by atoms with Crippen molar-refractivity contribution in [2.24, 2.45) is 51.5 Å². The number of nitrogens with zero attached hydrogens (tertiary/aromatic N) is 8. The van der Waals surface area contributed by atoms with Crippen molar-refractivity contribution in [3.05, 3.63) is 198 Å². The van der Waals surface area contributed by atoms with Crippen molar-refractivity contribution in [3.63, 3.8) is 0 Å². The number of aliphatic hydroxyl groups excluding tert-OH is 2. The monoisotopic (exact) mass is 1890 g/mol. The van der Waals surface area contributed by atoms with Gasteiger partial charge in [0.05, 0.1) is 110 Å². The summed E-state index contributed by atoms with van der Waals surface area (Å²) in [7, 11) is -8.82. The molecule has 0 bridgehead atoms. The number of carbonyl (C=O) groups is 7. The van der Waals surface area contributed by atoms with Crippen molar-refractivity contribution in [1.29, 1.82) is 0 Å². The molecule has 36 heteroatoms. The second kappa shape index (κ2) is 50.1. The Morgan fingerprint density at radius 2 is 0.789 bits per heavy atom. The first-order valence-electron chi connectivity index (χ1n) is 46.2. The minimum absolute atomic E-state index is 0.00178. The molecule has 5 unspecified atom stereocenters. The lowest BCUT2D eigenvalue weighted by Crippen LogP contribution is -2.48. The number of Topliss-reactive ketones (excluding diaryl/α,β-unsaturated/α-hetero) is 1. The van der Waals surface area contributed by atoms with Gasteiger partial charge in [-0.3, -0.25) is 33.6 Å². The van der Waals surface area contributed by atoms with Crippen molar-refractivity contribution in [2.75, 3.05) is 120 Å². The average molecular weight is 1890 g/mol. The molecular weight excluding hydrogens is 1770 g/mol. The highest BCUT2D eigenvalue weighted by Gasteiger charge is 2.41. The number of azo groups is 1. The number of oxazole rings is 3. The van der Waals surface area contributed by atoms with Crippen LogP contribution in [-0.4, -0.2) is 256 Å². The summed E-state index contributed by atoms with van der Waals surface area (Å²) < 4.78 is 109. The molecule has 6 aromatic carbocycles. The molecule has 16 rings (SSSR count). The molecule has 718 valence electrons. The van der Waals surface area contributed by atoms with Crippen LogP contribution in [0, 0.1) is 35.5 Å². The molecule has 5 amide bonds. The first-order chi connectivity index (χ1) is 64.1. The number of fused-ring (bicyclic) bond motifs is 3. The van der Waals surface area contributed by atoms with Gasteiger partial charge in [-0.15, -0.1) is 0 Å². The topological polar surface area (TPSA) is 473 Å². The Hall–Kier alpha value is -10.6. The van der Waals surface area contributed by atoms with E-state index in [9.17, 15) is 74.1 Å². The number of hydrogen-bond acceptors (Lipinski definition) is 27. The number of aryl methyl sites for hydroxylation is 3. The van der Waals surface area contributed by atoms with E-state index in [1.54, 1.807) is 59.3 Å². The van der Waals surface area contributed by atoms with Crippen LogP contribution in [0.2, 0.25) is 0 Å². The molecule has 7 fully saturated rings. The van der Waals surface area contributed by atoms with Gasteiger partial charge >= 0.3 is 5.97 Å². The minimum Gasteiger partial charge on any atom is -0.481 e. The smallest absolute Gasteiger partial charge is 0.308 e. The number of ketones is 1. The van der Waals surface area contributed by atoms with E-state index in [1.807, 2.05) is 109 Å². The third-order valence-electron chi connectivity index (χ3n) is 24.4. The third kappa shape index (κ3) is 33.5. The van der Waals surface area contributed by atoms with E-state index >= 15 is 0 Å². The summed E-state index contributed by atoms with van der Waals surface area (Å²) in [5.74, 6) is -7.88. The van der Waals surface area contributed by atoms with E-state index in [4.69, 9.17) is 33.2 Å². The van der Waals surface area contributed by atoms with E-state index in [2.05, 4.69) is 47.9 Å². The van der Waals surface area contributed by atoms with Crippen LogP contribution in [0.1, 0.15) is 161 Å². The molecule has 6 heterocycles. The van der Waals surface area contributed by atoms with Crippen LogP contribution < -0.4 is 16.4 Å². The van der Waals surface area contributed by atoms with Gasteiger partial charge in [0.25, 0.3) is 5.89 Å². The van der Waals surface area contributed by atoms with Crippen LogP contribution in [0.5, 0.6) is 0 Å². The van der Waals surface area contributed by atoms with Crippen LogP contribution in [0.4, 0.5) is 0 Å². The number of carboxylic acids is 1. The number of benzene rings is 6. The van der Waals surface area contributed by atoms with E-state index < -0.39 is 118 Å². The third-order valence-corrected chi connectivity index (χ3v) is 30.0. The molecule has 4 saturated carbocycles. The minimum atomic E-state index is -3.59. The maximum Gasteiger partial charge on any atom is 0.308 e. The number of aromatic nitrogens is 3. The molecule has 9 aromatic rings. The molecule has 33 nitrogen and oxygen atoms in total. The Morgan fingerprint density at radius 3 is 1.18 bits per heavy atom. The fourth-order valence-corrected chi connectivity index (χ4v) is 22.5. The number of ether oxygens (including phenoxy) is 3. The summed E-state index contributed by atoms with van der Waals surface area (Å²) in [6.45, 7) is 4.90. The van der Waals surface area contributed by atoms with Crippen molar-refractivity contribution >= 4 is 104 Å². The van der Waals surface area contributed by atoms with E-state index in [0.717, 1.165) is 61.6 Å². The van der Waals surface area contributed by atoms with E-state index in [1.165, 1.54) is 42.6 Å². The largest absolute Gasteiger partial charge is 0.481 e. The highest BCUT2D eigenvalue weighted by Crippen LogP contribution is 2.35. The molecule has 7 aliphatic rings. The van der Waals surface area contributed by atoms with Crippen molar-refractivity contribution in [1.82, 2.24) is 40.3 Å². The molecule has 3 aromatic heterocycles. The summed E-state index contributed by atoms with van der Waals surface area (Å²) in [6.07, 6.45) is 12.0. The van der Waals surface area contributed by atoms with Crippen molar-refractivity contribution in [2.45, 2.75) is 165 Å². The van der Waals surface area contributed by atoms with Crippen LogP contribution in [0.25, 0.3) is 33.3 Å². The fourth-order valence-electron chi connectivity index (χ4n) is 16.3. The predicted octanol–water partition coefficient (Wildman–Crippen LogP) is 10.5. The summed E-state index contributed by atoms with van der Waals surface area (Å²) in [5.41, 5.74) is 12.7. The lowest BCUT2D eigenvalue weighted by atomic mass is 9.96. The maximum atomic E-state index is 13.7. The number of sulfone groups is 3. The number of carbonyl (C=O) groups excluding carboxylic acids is 6. The predicted molar refractivity (Wildman–Crippen MR) is 498 cm³/mol. The molecule has 3 aliphatic heterocycles. The van der Waals surface area contributed by atoms with E-state index in [-0.39, 0.29) is 96.1 Å². The van der Waals surface area contributed by atoms with Crippen LogP contribution in [0.3, 0.4) is 0 Å². The van der Waals surface area contributed by atoms with Crippen LogP contribution in [-0.2, 0) is 91.8 Å². The highest BCUT2D eigenvalue weighted by atomic mass is 32.2. The Morgan fingerprint density at radius 1 is 0.436 bits per heavy atom. The van der Waals surface area contributed by atoms with Gasteiger partial charge < -0.3 is 73.8 Å². The maximum absolute atomic E-state index is 13.7. The Kier molecular flexibility index (Phi) is 38.2. The van der Waals surface area contributed by atoms with Crippen LogP contribution >= 0.6 is 0 Å². The molecule has 4 aliphatic carbocycles. The second-order valence-corrected chi connectivity index (χ2v) is 41.8. The Labute approximate surface area is 776 Å². The van der Waals surface area contributed by atoms with Gasteiger partial charge in [0.15, 0.2) is 52.4 Å². The number of hydrogen-bond donors (Lipinski definition) is 6. The number of aliphatic hydroxyl groups is 2. The SMILES string of the molecule is CN=NC1CCCCC1.N[C@@H](CCc1ccccc1)C(O)c1nc2ccccc2o1.O=C(N[C@@H](CCc1ccccc1)C(=O)c1nc2ccccc2o1)C(CC(=O)N1CCOCC1)CS(=O)(=O)CC1CC1.O=C(N[C@@H](CCc1ccccc1)C(O)c1nc2ccccc2o1)C(CC(=O)N1CCOCC1)CS(=O)(=O)CC1CC1.O=C(O)C(CC(=O)N1CCOCC1)CS(=O)(=O)CC1CC1. The van der Waals surface area contributed by atoms with Crippen LogP contribution in [0.15, 0.2) is 187 Å². The molecule has 133 heavy (non-hydrogen) atoms. The number of carboxylic acid groups (broad SMARTS) is 1. The zero-order chi connectivity index (χ0) is 94.3. The van der Waals surface area contributed by atoms with Gasteiger partial charge in [0.1, 0.15) is 22.7 Å². The lowest BCUT2D eigenvalue weighted by Gasteiger charge is -2.29. The average Bonchev–Trinajstić information content (AvgIpc) is 1.78. The number of rotatable bonds is 39. The van der Waals surface area contributed by atoms with Gasteiger partial charge in [-0.05, 0) is 161 Å². The van der Waals surface area contributed by atoms with Crippen molar-refractivity contribution < 1.29 is 102 Å². The van der Waals surface area contributed by atoms with Gasteiger partial charge in [-0.25, -0.2) is 40.2 Å². The molecule has 8 atom stereocenters. The molecule has 0 spiro atoms. The number of nitrogens with one attached hydrogen (secondary N) is 2. The Bertz CT molecular complexity index is 5540. The molecule has 7 N–H and O–H groups in total. The normalized spacial score (nSPS) is 18.0. The first-order valence-corrected chi connectivity index (χ1v) is 51.7. The Balaban J connectivity index is 0.000000161. The fraction of sp³-hybridized carbons (Fsp3) is 0.526.